The highest BCUT2D eigenvalue weighted by atomic mass is 16.5. The molecule has 0 aliphatic carbocycles. The minimum absolute atomic E-state index is 0.223. The predicted octanol–water partition coefficient (Wildman–Crippen LogP) is 3.98. The molecule has 2 N–H and O–H groups in total. The third-order valence-electron chi connectivity index (χ3n) is 4.24. The molecule has 154 valence electrons. The molecule has 0 saturated carbocycles. The van der Waals surface area contributed by atoms with Gasteiger partial charge >= 0.3 is 0 Å². The van der Waals surface area contributed by atoms with Gasteiger partial charge in [-0.1, -0.05) is 61.5 Å². The molecule has 0 atom stereocenters. The molecule has 0 saturated heterocycles. The molecule has 6 nitrogen and oxygen atoms in total. The fraction of sp³-hybridized carbons (Fsp3) is 0.167. The number of hydrazine groups is 1. The fourth-order valence-electron chi connectivity index (χ4n) is 2.75. The molecule has 30 heavy (non-hydrogen) atoms. The van der Waals surface area contributed by atoms with E-state index in [9.17, 15) is 9.59 Å². The summed E-state index contributed by atoms with van der Waals surface area (Å²) in [6, 6.07) is 24.3. The molecule has 0 aliphatic rings. The molecule has 0 aromatic heterocycles. The second kappa shape index (κ2) is 10.7. The molecule has 3 aromatic carbocycles. The standard InChI is InChI=1S/C24H24N2O4/c1-2-16-29-22-11-7-6-10-21(22)24(28)26-25-23(27)17-30-20-14-12-19(13-15-20)18-8-4-3-5-9-18/h3-15H,2,16-17H2,1H3,(H,25,27)(H,26,28). The van der Waals surface area contributed by atoms with Gasteiger partial charge in [0.1, 0.15) is 11.5 Å². The van der Waals surface area contributed by atoms with Crippen LogP contribution in [0.15, 0.2) is 78.9 Å². The van der Waals surface area contributed by atoms with E-state index in [0.29, 0.717) is 23.7 Å². The smallest absolute Gasteiger partial charge is 0.276 e. The number of carbonyl (C=O) groups is 2. The average Bonchev–Trinajstić information content (AvgIpc) is 2.81. The fourth-order valence-corrected chi connectivity index (χ4v) is 2.75. The highest BCUT2D eigenvalue weighted by Gasteiger charge is 2.13. The van der Waals surface area contributed by atoms with Crippen molar-refractivity contribution in [2.75, 3.05) is 13.2 Å². The summed E-state index contributed by atoms with van der Waals surface area (Å²) < 4.78 is 11.0. The number of amides is 2. The van der Waals surface area contributed by atoms with Gasteiger partial charge in [0.25, 0.3) is 11.8 Å². The normalized spacial score (nSPS) is 10.2. The molecule has 0 fully saturated rings. The van der Waals surface area contributed by atoms with Crippen molar-refractivity contribution >= 4 is 11.8 Å². The van der Waals surface area contributed by atoms with Crippen molar-refractivity contribution in [3.8, 4) is 22.6 Å². The summed E-state index contributed by atoms with van der Waals surface area (Å²) in [5.74, 6) is 0.111. The number of benzene rings is 3. The first kappa shape index (κ1) is 20.9. The van der Waals surface area contributed by atoms with Crippen LogP contribution in [0.3, 0.4) is 0 Å². The largest absolute Gasteiger partial charge is 0.493 e. The number of hydrogen-bond acceptors (Lipinski definition) is 4. The molecular weight excluding hydrogens is 380 g/mol. The Morgan fingerprint density at radius 2 is 1.43 bits per heavy atom. The summed E-state index contributed by atoms with van der Waals surface area (Å²) in [5.41, 5.74) is 7.25. The molecule has 2 amide bonds. The molecule has 0 radical (unpaired) electrons. The molecular formula is C24H24N2O4. The monoisotopic (exact) mass is 404 g/mol. The Morgan fingerprint density at radius 3 is 2.17 bits per heavy atom. The van der Waals surface area contributed by atoms with Crippen LogP contribution in [0.2, 0.25) is 0 Å². The maximum absolute atomic E-state index is 12.3. The molecule has 0 unspecified atom stereocenters. The first-order valence-corrected chi connectivity index (χ1v) is 9.76. The van der Waals surface area contributed by atoms with Gasteiger partial charge in [0.2, 0.25) is 0 Å². The third kappa shape index (κ3) is 5.85. The number of rotatable bonds is 8. The number of carbonyl (C=O) groups excluding carboxylic acids is 2. The Morgan fingerprint density at radius 1 is 0.767 bits per heavy atom. The number of nitrogens with one attached hydrogen (secondary N) is 2. The van der Waals surface area contributed by atoms with Crippen LogP contribution in [-0.2, 0) is 4.79 Å². The number of ether oxygens (including phenoxy) is 2. The van der Waals surface area contributed by atoms with E-state index in [2.05, 4.69) is 10.9 Å². The van der Waals surface area contributed by atoms with E-state index in [0.717, 1.165) is 17.5 Å². The van der Waals surface area contributed by atoms with Gasteiger partial charge in [0, 0.05) is 0 Å². The Balaban J connectivity index is 1.48. The molecule has 6 heteroatoms. The van der Waals surface area contributed by atoms with Gasteiger partial charge in [0.05, 0.1) is 12.2 Å². The van der Waals surface area contributed by atoms with Crippen molar-refractivity contribution in [2.45, 2.75) is 13.3 Å². The van der Waals surface area contributed by atoms with Crippen molar-refractivity contribution < 1.29 is 19.1 Å². The van der Waals surface area contributed by atoms with Gasteiger partial charge in [0.15, 0.2) is 6.61 Å². The second-order valence-electron chi connectivity index (χ2n) is 6.53. The van der Waals surface area contributed by atoms with Gasteiger partial charge in [-0.25, -0.2) is 0 Å². The lowest BCUT2D eigenvalue weighted by Crippen LogP contribution is -2.43. The van der Waals surface area contributed by atoms with Crippen LogP contribution < -0.4 is 20.3 Å². The maximum Gasteiger partial charge on any atom is 0.276 e. The summed E-state index contributed by atoms with van der Waals surface area (Å²) in [5, 5.41) is 0. The second-order valence-corrected chi connectivity index (χ2v) is 6.53. The Kier molecular flexibility index (Phi) is 7.44. The lowest BCUT2D eigenvalue weighted by Gasteiger charge is -2.12. The van der Waals surface area contributed by atoms with Crippen LogP contribution in [-0.4, -0.2) is 25.0 Å². The van der Waals surface area contributed by atoms with Gasteiger partial charge in [-0.2, -0.15) is 0 Å². The zero-order valence-electron chi connectivity index (χ0n) is 16.8. The zero-order valence-corrected chi connectivity index (χ0v) is 16.8. The maximum atomic E-state index is 12.3. The van der Waals surface area contributed by atoms with Crippen LogP contribution in [0.5, 0.6) is 11.5 Å². The first-order chi connectivity index (χ1) is 14.7. The Bertz CT molecular complexity index is 972. The molecule has 3 rings (SSSR count). The minimum Gasteiger partial charge on any atom is -0.493 e. The van der Waals surface area contributed by atoms with Crippen molar-refractivity contribution in [3.05, 3.63) is 84.4 Å². The Hall–Kier alpha value is -3.80. The number of hydrogen-bond donors (Lipinski definition) is 2. The summed E-state index contributed by atoms with van der Waals surface area (Å²) >= 11 is 0. The van der Waals surface area contributed by atoms with Crippen LogP contribution in [0.25, 0.3) is 11.1 Å². The SMILES string of the molecule is CCCOc1ccccc1C(=O)NNC(=O)COc1ccc(-c2ccccc2)cc1. The Labute approximate surface area is 175 Å². The molecule has 3 aromatic rings. The minimum atomic E-state index is -0.470. The summed E-state index contributed by atoms with van der Waals surface area (Å²) in [7, 11) is 0. The predicted molar refractivity (Wildman–Crippen MR) is 115 cm³/mol. The molecule has 0 aliphatic heterocycles. The van der Waals surface area contributed by atoms with Gasteiger partial charge in [-0.3, -0.25) is 20.4 Å². The third-order valence-corrected chi connectivity index (χ3v) is 4.24. The van der Waals surface area contributed by atoms with Gasteiger partial charge in [-0.05, 0) is 41.8 Å². The summed E-state index contributed by atoms with van der Waals surface area (Å²) in [6.07, 6.45) is 0.830. The van der Waals surface area contributed by atoms with E-state index in [1.807, 2.05) is 49.4 Å². The van der Waals surface area contributed by atoms with Crippen molar-refractivity contribution in [2.24, 2.45) is 0 Å². The number of para-hydroxylation sites is 1. The van der Waals surface area contributed by atoms with E-state index in [1.54, 1.807) is 36.4 Å². The summed E-state index contributed by atoms with van der Waals surface area (Å²) in [6.45, 7) is 2.27. The lowest BCUT2D eigenvalue weighted by molar-refractivity contribution is -0.123. The zero-order chi connectivity index (χ0) is 21.2. The van der Waals surface area contributed by atoms with Crippen LogP contribution in [0, 0.1) is 0 Å². The van der Waals surface area contributed by atoms with Gasteiger partial charge in [-0.15, -0.1) is 0 Å². The topological polar surface area (TPSA) is 76.7 Å². The van der Waals surface area contributed by atoms with E-state index >= 15 is 0 Å². The molecule has 0 heterocycles. The average molecular weight is 404 g/mol. The molecule has 0 bridgehead atoms. The van der Waals surface area contributed by atoms with E-state index < -0.39 is 11.8 Å². The van der Waals surface area contributed by atoms with E-state index in [1.165, 1.54) is 0 Å². The molecule has 0 spiro atoms. The van der Waals surface area contributed by atoms with Crippen molar-refractivity contribution in [1.29, 1.82) is 0 Å². The van der Waals surface area contributed by atoms with Crippen molar-refractivity contribution in [1.82, 2.24) is 10.9 Å². The van der Waals surface area contributed by atoms with E-state index in [-0.39, 0.29) is 6.61 Å². The summed E-state index contributed by atoms with van der Waals surface area (Å²) in [4.78, 5) is 24.3. The van der Waals surface area contributed by atoms with Gasteiger partial charge < -0.3 is 9.47 Å². The van der Waals surface area contributed by atoms with Crippen molar-refractivity contribution in [3.63, 3.8) is 0 Å². The van der Waals surface area contributed by atoms with Crippen LogP contribution >= 0.6 is 0 Å². The van der Waals surface area contributed by atoms with Crippen LogP contribution in [0.1, 0.15) is 23.7 Å². The first-order valence-electron chi connectivity index (χ1n) is 9.76. The van der Waals surface area contributed by atoms with E-state index in [4.69, 9.17) is 9.47 Å². The lowest BCUT2D eigenvalue weighted by atomic mass is 10.1. The highest BCUT2D eigenvalue weighted by Crippen LogP contribution is 2.22. The quantitative estimate of drug-likeness (QED) is 0.557. The highest BCUT2D eigenvalue weighted by molar-refractivity contribution is 5.97. The van der Waals surface area contributed by atoms with Crippen LogP contribution in [0.4, 0.5) is 0 Å².